The number of carboxylic acids is 1. The second kappa shape index (κ2) is 5.53. The van der Waals surface area contributed by atoms with Crippen molar-refractivity contribution in [1.29, 1.82) is 0 Å². The first-order chi connectivity index (χ1) is 8.56. The van der Waals surface area contributed by atoms with Crippen molar-refractivity contribution in [3.63, 3.8) is 0 Å². The predicted molar refractivity (Wildman–Crippen MR) is 78.6 cm³/mol. The monoisotopic (exact) mass is 374 g/mol. The van der Waals surface area contributed by atoms with Gasteiger partial charge < -0.3 is 10.4 Å². The van der Waals surface area contributed by atoms with Gasteiger partial charge in [0.05, 0.1) is 5.69 Å². The zero-order valence-corrected chi connectivity index (χ0v) is 11.9. The second-order valence-electron chi connectivity index (χ2n) is 3.48. The van der Waals surface area contributed by atoms with Crippen molar-refractivity contribution in [2.75, 3.05) is 5.32 Å². The van der Waals surface area contributed by atoms with E-state index >= 15 is 0 Å². The van der Waals surface area contributed by atoms with E-state index in [0.717, 1.165) is 9.26 Å². The fourth-order valence-electron chi connectivity index (χ4n) is 1.37. The quantitative estimate of drug-likeness (QED) is 0.803. The highest BCUT2D eigenvalue weighted by molar-refractivity contribution is 14.1. The van der Waals surface area contributed by atoms with Crippen molar-refractivity contribution in [2.45, 2.75) is 0 Å². The Labute approximate surface area is 122 Å². The average Bonchev–Trinajstić information content (AvgIpc) is 2.33. The van der Waals surface area contributed by atoms with Gasteiger partial charge in [0.2, 0.25) is 0 Å². The Hall–Kier alpha value is -1.34. The number of halogens is 2. The smallest absolute Gasteiger partial charge is 0.354 e. The summed E-state index contributed by atoms with van der Waals surface area (Å²) in [6.07, 6.45) is 1.45. The molecule has 0 unspecified atom stereocenters. The lowest BCUT2D eigenvalue weighted by Crippen LogP contribution is -2.01. The van der Waals surface area contributed by atoms with Crippen LogP contribution in [0.5, 0.6) is 0 Å². The summed E-state index contributed by atoms with van der Waals surface area (Å²) in [5, 5.41) is 12.6. The molecule has 2 rings (SSSR count). The molecule has 0 aliphatic heterocycles. The van der Waals surface area contributed by atoms with E-state index in [9.17, 15) is 4.79 Å². The molecule has 0 saturated heterocycles. The van der Waals surface area contributed by atoms with E-state index in [2.05, 4.69) is 32.9 Å². The Morgan fingerprint density at radius 2 is 2.11 bits per heavy atom. The second-order valence-corrected chi connectivity index (χ2v) is 5.08. The van der Waals surface area contributed by atoms with Gasteiger partial charge in [0, 0.05) is 20.5 Å². The van der Waals surface area contributed by atoms with Gasteiger partial charge in [0.25, 0.3) is 0 Å². The van der Waals surface area contributed by atoms with Crippen LogP contribution < -0.4 is 5.32 Å². The number of hydrogen-bond acceptors (Lipinski definition) is 3. The molecule has 1 aromatic carbocycles. The third kappa shape index (κ3) is 3.11. The zero-order valence-electron chi connectivity index (χ0n) is 9.02. The summed E-state index contributed by atoms with van der Waals surface area (Å²) < 4.78 is 0.953. The predicted octanol–water partition coefficient (Wildman–Crippen LogP) is 3.78. The van der Waals surface area contributed by atoms with Crippen molar-refractivity contribution in [3.8, 4) is 0 Å². The van der Waals surface area contributed by atoms with Gasteiger partial charge in [-0.1, -0.05) is 11.6 Å². The number of carboxylic acid groups (broad SMARTS) is 1. The molecule has 0 spiro atoms. The highest BCUT2D eigenvalue weighted by Gasteiger charge is 2.06. The van der Waals surface area contributed by atoms with Crippen molar-refractivity contribution < 1.29 is 9.90 Å². The lowest BCUT2D eigenvalue weighted by molar-refractivity contribution is 0.0690. The number of carbonyl (C=O) groups is 1. The van der Waals surface area contributed by atoms with E-state index in [1.165, 1.54) is 12.3 Å². The molecule has 0 atom stereocenters. The van der Waals surface area contributed by atoms with Gasteiger partial charge in [-0.2, -0.15) is 0 Å². The summed E-state index contributed by atoms with van der Waals surface area (Å²) in [5.41, 5.74) is 1.54. The summed E-state index contributed by atoms with van der Waals surface area (Å²) in [4.78, 5) is 14.6. The van der Waals surface area contributed by atoms with Crippen LogP contribution in [0.15, 0.2) is 36.5 Å². The van der Waals surface area contributed by atoms with Crippen LogP contribution in [0.4, 0.5) is 11.4 Å². The van der Waals surface area contributed by atoms with Gasteiger partial charge >= 0.3 is 5.97 Å². The Morgan fingerprint density at radius 3 is 2.78 bits per heavy atom. The molecule has 0 bridgehead atoms. The summed E-state index contributed by atoms with van der Waals surface area (Å²) >= 11 is 8.02. The van der Waals surface area contributed by atoms with Crippen LogP contribution in [-0.4, -0.2) is 16.1 Å². The van der Waals surface area contributed by atoms with Gasteiger partial charge in [-0.25, -0.2) is 9.78 Å². The molecule has 0 radical (unpaired) electrons. The summed E-state index contributed by atoms with van der Waals surface area (Å²) in [6.45, 7) is 0. The standard InChI is InChI=1S/C12H8ClIN2O2/c13-7-1-2-10(9(14)5-7)16-8-3-4-15-11(6-8)12(17)18/h1-6H,(H,15,16)(H,17,18). The van der Waals surface area contributed by atoms with E-state index in [4.69, 9.17) is 16.7 Å². The first-order valence-electron chi connectivity index (χ1n) is 4.97. The number of hydrogen-bond donors (Lipinski definition) is 2. The SMILES string of the molecule is O=C(O)c1cc(Nc2ccc(Cl)cc2I)ccn1. The minimum atomic E-state index is -1.05. The first kappa shape index (κ1) is 13.1. The summed E-state index contributed by atoms with van der Waals surface area (Å²) in [7, 11) is 0. The molecule has 0 saturated carbocycles. The Kier molecular flexibility index (Phi) is 4.03. The van der Waals surface area contributed by atoms with Crippen LogP contribution in [0.3, 0.4) is 0 Å². The molecule has 4 nitrogen and oxygen atoms in total. The highest BCUT2D eigenvalue weighted by Crippen LogP contribution is 2.25. The molecular formula is C12H8ClIN2O2. The molecule has 92 valence electrons. The lowest BCUT2D eigenvalue weighted by atomic mass is 10.2. The van der Waals surface area contributed by atoms with E-state index in [0.29, 0.717) is 10.7 Å². The molecule has 2 aromatic rings. The first-order valence-corrected chi connectivity index (χ1v) is 6.43. The topological polar surface area (TPSA) is 62.2 Å². The number of rotatable bonds is 3. The molecule has 1 aromatic heterocycles. The number of nitrogens with one attached hydrogen (secondary N) is 1. The molecule has 0 aliphatic carbocycles. The minimum Gasteiger partial charge on any atom is -0.477 e. The zero-order chi connectivity index (χ0) is 13.1. The fourth-order valence-corrected chi connectivity index (χ4v) is 2.38. The van der Waals surface area contributed by atoms with Crippen LogP contribution in [0, 0.1) is 3.57 Å². The Balaban J connectivity index is 2.28. The Bertz CT molecular complexity index is 604. The fraction of sp³-hybridized carbons (Fsp3) is 0. The van der Waals surface area contributed by atoms with Crippen LogP contribution in [0.2, 0.25) is 5.02 Å². The molecule has 0 aliphatic rings. The maximum atomic E-state index is 10.8. The van der Waals surface area contributed by atoms with Crippen molar-refractivity contribution in [2.24, 2.45) is 0 Å². The van der Waals surface area contributed by atoms with Crippen LogP contribution in [-0.2, 0) is 0 Å². The third-order valence-corrected chi connectivity index (χ3v) is 3.32. The van der Waals surface area contributed by atoms with Gasteiger partial charge in [-0.05, 0) is 52.9 Å². The lowest BCUT2D eigenvalue weighted by Gasteiger charge is -2.09. The number of pyridine rings is 1. The molecule has 2 N–H and O–H groups in total. The number of aromatic carboxylic acids is 1. The minimum absolute atomic E-state index is 0.00368. The van der Waals surface area contributed by atoms with Gasteiger partial charge in [-0.3, -0.25) is 0 Å². The van der Waals surface area contributed by atoms with Crippen molar-refractivity contribution >= 4 is 51.5 Å². The van der Waals surface area contributed by atoms with E-state index in [-0.39, 0.29) is 5.69 Å². The molecule has 0 fully saturated rings. The normalized spacial score (nSPS) is 10.1. The molecule has 0 amide bonds. The summed E-state index contributed by atoms with van der Waals surface area (Å²) in [5.74, 6) is -1.05. The maximum absolute atomic E-state index is 10.8. The number of benzene rings is 1. The van der Waals surface area contributed by atoms with Gasteiger partial charge in [0.1, 0.15) is 5.69 Å². The van der Waals surface area contributed by atoms with Crippen LogP contribution >= 0.6 is 34.2 Å². The summed E-state index contributed by atoms with van der Waals surface area (Å²) in [6, 6.07) is 8.62. The van der Waals surface area contributed by atoms with Gasteiger partial charge in [-0.15, -0.1) is 0 Å². The molecule has 18 heavy (non-hydrogen) atoms. The van der Waals surface area contributed by atoms with Crippen molar-refractivity contribution in [3.05, 3.63) is 50.8 Å². The molecular weight excluding hydrogens is 367 g/mol. The average molecular weight is 375 g/mol. The number of aromatic nitrogens is 1. The highest BCUT2D eigenvalue weighted by atomic mass is 127. The largest absolute Gasteiger partial charge is 0.477 e. The van der Waals surface area contributed by atoms with Crippen LogP contribution in [0.1, 0.15) is 10.5 Å². The van der Waals surface area contributed by atoms with Crippen molar-refractivity contribution in [1.82, 2.24) is 4.98 Å². The maximum Gasteiger partial charge on any atom is 0.354 e. The molecule has 6 heteroatoms. The van der Waals surface area contributed by atoms with E-state index in [1.54, 1.807) is 12.1 Å². The Morgan fingerprint density at radius 1 is 1.33 bits per heavy atom. The number of nitrogens with zero attached hydrogens (tertiary/aromatic N) is 1. The van der Waals surface area contributed by atoms with Crippen LogP contribution in [0.25, 0.3) is 0 Å². The van der Waals surface area contributed by atoms with E-state index in [1.807, 2.05) is 12.1 Å². The van der Waals surface area contributed by atoms with E-state index < -0.39 is 5.97 Å². The third-order valence-electron chi connectivity index (χ3n) is 2.19. The molecule has 1 heterocycles. The van der Waals surface area contributed by atoms with Gasteiger partial charge in [0.15, 0.2) is 0 Å². The number of anilines is 2.